The van der Waals surface area contributed by atoms with E-state index < -0.39 is 0 Å². The molecule has 0 unspecified atom stereocenters. The number of hydrogen-bond acceptors (Lipinski definition) is 3. The minimum atomic E-state index is 0.744. The Morgan fingerprint density at radius 1 is 1.13 bits per heavy atom. The second kappa shape index (κ2) is 4.09. The third-order valence-corrected chi connectivity index (χ3v) is 2.32. The number of anilines is 1. The Morgan fingerprint density at radius 2 is 1.87 bits per heavy atom. The summed E-state index contributed by atoms with van der Waals surface area (Å²) in [6, 6.07) is 7.85. The van der Waals surface area contributed by atoms with Gasteiger partial charge in [-0.2, -0.15) is 0 Å². The lowest BCUT2D eigenvalue weighted by Crippen LogP contribution is -1.98. The molecule has 2 N–H and O–H groups in total. The molecular formula is C12H13N3. The number of nitrogens with two attached hydrogens (primary N) is 1. The summed E-state index contributed by atoms with van der Waals surface area (Å²) in [7, 11) is 0. The van der Waals surface area contributed by atoms with Crippen molar-refractivity contribution in [3.63, 3.8) is 0 Å². The van der Waals surface area contributed by atoms with Gasteiger partial charge in [-0.25, -0.2) is 0 Å². The molecule has 3 heteroatoms. The van der Waals surface area contributed by atoms with Crippen LogP contribution in [0.25, 0.3) is 0 Å². The predicted molar refractivity (Wildman–Crippen MR) is 60.4 cm³/mol. The molecule has 0 aliphatic rings. The fourth-order valence-electron chi connectivity index (χ4n) is 1.43. The predicted octanol–water partition coefficient (Wildman–Crippen LogP) is 1.96. The monoisotopic (exact) mass is 199 g/mol. The van der Waals surface area contributed by atoms with Gasteiger partial charge in [0.2, 0.25) is 0 Å². The number of aryl methyl sites for hydroxylation is 1. The molecule has 0 saturated carbocycles. The normalized spacial score (nSPS) is 10.2. The molecular weight excluding hydrogens is 186 g/mol. The lowest BCUT2D eigenvalue weighted by atomic mass is 10.1. The van der Waals surface area contributed by atoms with E-state index in [4.69, 9.17) is 5.73 Å². The third-order valence-electron chi connectivity index (χ3n) is 2.32. The van der Waals surface area contributed by atoms with Gasteiger partial charge in [-0.05, 0) is 36.8 Å². The largest absolute Gasteiger partial charge is 0.397 e. The van der Waals surface area contributed by atoms with Gasteiger partial charge in [0.05, 0.1) is 11.4 Å². The SMILES string of the molecule is Cc1nc(Cc2ccncc2)ccc1N. The van der Waals surface area contributed by atoms with Crippen molar-refractivity contribution in [2.45, 2.75) is 13.3 Å². The first-order valence-corrected chi connectivity index (χ1v) is 4.86. The molecule has 0 aromatic carbocycles. The van der Waals surface area contributed by atoms with E-state index >= 15 is 0 Å². The summed E-state index contributed by atoms with van der Waals surface area (Å²) < 4.78 is 0. The van der Waals surface area contributed by atoms with Gasteiger partial charge < -0.3 is 5.73 Å². The molecule has 0 aliphatic carbocycles. The van der Waals surface area contributed by atoms with E-state index in [9.17, 15) is 0 Å². The fourth-order valence-corrected chi connectivity index (χ4v) is 1.43. The van der Waals surface area contributed by atoms with Gasteiger partial charge >= 0.3 is 0 Å². The van der Waals surface area contributed by atoms with Crippen molar-refractivity contribution in [2.24, 2.45) is 0 Å². The van der Waals surface area contributed by atoms with Crippen molar-refractivity contribution in [3.05, 3.63) is 53.6 Å². The zero-order valence-corrected chi connectivity index (χ0v) is 8.64. The highest BCUT2D eigenvalue weighted by Crippen LogP contribution is 2.11. The van der Waals surface area contributed by atoms with Gasteiger partial charge in [-0.1, -0.05) is 0 Å². The first kappa shape index (κ1) is 9.65. The topological polar surface area (TPSA) is 51.8 Å². The molecule has 2 aromatic rings. The molecule has 0 atom stereocenters. The van der Waals surface area contributed by atoms with Crippen LogP contribution in [0, 0.1) is 6.92 Å². The summed E-state index contributed by atoms with van der Waals surface area (Å²) in [4.78, 5) is 8.40. The fraction of sp³-hybridized carbons (Fsp3) is 0.167. The number of aromatic nitrogens is 2. The molecule has 0 aliphatic heterocycles. The number of rotatable bonds is 2. The molecule has 0 fully saturated rings. The Hall–Kier alpha value is -1.90. The molecule has 2 rings (SSSR count). The van der Waals surface area contributed by atoms with Crippen molar-refractivity contribution in [1.29, 1.82) is 0 Å². The molecule has 2 aromatic heterocycles. The van der Waals surface area contributed by atoms with Crippen molar-refractivity contribution in [2.75, 3.05) is 5.73 Å². The van der Waals surface area contributed by atoms with Crippen LogP contribution in [0.1, 0.15) is 17.0 Å². The Balaban J connectivity index is 2.22. The van der Waals surface area contributed by atoms with Crippen LogP contribution in [0.15, 0.2) is 36.7 Å². The first-order chi connectivity index (χ1) is 7.25. The molecule has 0 saturated heterocycles. The maximum absolute atomic E-state index is 5.71. The number of nitrogen functional groups attached to an aromatic ring is 1. The van der Waals surface area contributed by atoms with Crippen LogP contribution in [-0.2, 0) is 6.42 Å². The van der Waals surface area contributed by atoms with Gasteiger partial charge in [0.15, 0.2) is 0 Å². The van der Waals surface area contributed by atoms with E-state index in [0.29, 0.717) is 0 Å². The highest BCUT2D eigenvalue weighted by molar-refractivity contribution is 5.42. The molecule has 76 valence electrons. The third kappa shape index (κ3) is 2.31. The van der Waals surface area contributed by atoms with Gasteiger partial charge in [-0.15, -0.1) is 0 Å². The lowest BCUT2D eigenvalue weighted by molar-refractivity contribution is 1.03. The van der Waals surface area contributed by atoms with Crippen LogP contribution in [0.2, 0.25) is 0 Å². The van der Waals surface area contributed by atoms with Crippen LogP contribution in [0.3, 0.4) is 0 Å². The maximum Gasteiger partial charge on any atom is 0.0605 e. The molecule has 0 bridgehead atoms. The Labute approximate surface area is 89.0 Å². The lowest BCUT2D eigenvalue weighted by Gasteiger charge is -2.04. The molecule has 15 heavy (non-hydrogen) atoms. The van der Waals surface area contributed by atoms with Crippen molar-refractivity contribution in [3.8, 4) is 0 Å². The van der Waals surface area contributed by atoms with Crippen molar-refractivity contribution >= 4 is 5.69 Å². The van der Waals surface area contributed by atoms with E-state index in [0.717, 1.165) is 23.5 Å². The van der Waals surface area contributed by atoms with Crippen molar-refractivity contribution < 1.29 is 0 Å². The van der Waals surface area contributed by atoms with Crippen LogP contribution in [0.4, 0.5) is 5.69 Å². The Morgan fingerprint density at radius 3 is 2.53 bits per heavy atom. The van der Waals surface area contributed by atoms with Crippen LogP contribution < -0.4 is 5.73 Å². The Kier molecular flexibility index (Phi) is 2.63. The molecule has 3 nitrogen and oxygen atoms in total. The first-order valence-electron chi connectivity index (χ1n) is 4.86. The zero-order chi connectivity index (χ0) is 10.7. The van der Waals surface area contributed by atoms with E-state index in [2.05, 4.69) is 9.97 Å². The summed E-state index contributed by atoms with van der Waals surface area (Å²) in [5, 5.41) is 0. The van der Waals surface area contributed by atoms with Gasteiger partial charge in [-0.3, -0.25) is 9.97 Å². The Bertz CT molecular complexity index is 452. The van der Waals surface area contributed by atoms with E-state index in [-0.39, 0.29) is 0 Å². The van der Waals surface area contributed by atoms with E-state index in [1.807, 2.05) is 31.2 Å². The van der Waals surface area contributed by atoms with Crippen LogP contribution in [0.5, 0.6) is 0 Å². The molecule has 0 spiro atoms. The summed E-state index contributed by atoms with van der Waals surface area (Å²) in [5.74, 6) is 0. The second-order valence-electron chi connectivity index (χ2n) is 3.51. The summed E-state index contributed by atoms with van der Waals surface area (Å²) in [6.45, 7) is 1.92. The smallest absolute Gasteiger partial charge is 0.0605 e. The molecule has 0 radical (unpaired) electrons. The summed E-state index contributed by atoms with van der Waals surface area (Å²) in [6.07, 6.45) is 4.41. The number of pyridine rings is 2. The van der Waals surface area contributed by atoms with Gasteiger partial charge in [0.1, 0.15) is 0 Å². The van der Waals surface area contributed by atoms with E-state index in [1.54, 1.807) is 12.4 Å². The van der Waals surface area contributed by atoms with Gasteiger partial charge in [0, 0.05) is 24.5 Å². The number of hydrogen-bond donors (Lipinski definition) is 1. The minimum Gasteiger partial charge on any atom is -0.397 e. The number of nitrogens with zero attached hydrogens (tertiary/aromatic N) is 2. The average Bonchev–Trinajstić information content (AvgIpc) is 2.25. The minimum absolute atomic E-state index is 0.744. The molecule has 2 heterocycles. The summed E-state index contributed by atoms with van der Waals surface area (Å²) in [5.41, 5.74) is 9.59. The van der Waals surface area contributed by atoms with E-state index in [1.165, 1.54) is 5.56 Å². The maximum atomic E-state index is 5.71. The van der Waals surface area contributed by atoms with Crippen LogP contribution in [-0.4, -0.2) is 9.97 Å². The quantitative estimate of drug-likeness (QED) is 0.804. The standard InChI is InChI=1S/C12H13N3/c1-9-12(13)3-2-11(15-9)8-10-4-6-14-7-5-10/h2-7H,8,13H2,1H3. The van der Waals surface area contributed by atoms with Crippen molar-refractivity contribution in [1.82, 2.24) is 9.97 Å². The zero-order valence-electron chi connectivity index (χ0n) is 8.64. The average molecular weight is 199 g/mol. The van der Waals surface area contributed by atoms with Crippen LogP contribution >= 0.6 is 0 Å². The highest BCUT2D eigenvalue weighted by Gasteiger charge is 1.99. The molecule has 0 amide bonds. The van der Waals surface area contributed by atoms with Gasteiger partial charge in [0.25, 0.3) is 0 Å². The highest BCUT2D eigenvalue weighted by atomic mass is 14.7. The summed E-state index contributed by atoms with van der Waals surface area (Å²) >= 11 is 0. The second-order valence-corrected chi connectivity index (χ2v) is 3.51.